The van der Waals surface area contributed by atoms with Gasteiger partial charge in [-0.05, 0) is 12.6 Å². The molecule has 16 heavy (non-hydrogen) atoms. The topological polar surface area (TPSA) is 26.7 Å². The van der Waals surface area contributed by atoms with Crippen LogP contribution in [-0.2, 0) is 6.54 Å². The van der Waals surface area contributed by atoms with Crippen molar-refractivity contribution in [1.29, 1.82) is 0 Å². The van der Waals surface area contributed by atoms with Crippen molar-refractivity contribution in [3.63, 3.8) is 0 Å². The third kappa shape index (κ3) is 2.82. The van der Waals surface area contributed by atoms with Gasteiger partial charge >= 0.3 is 0 Å². The quantitative estimate of drug-likeness (QED) is 0.816. The van der Waals surface area contributed by atoms with Crippen molar-refractivity contribution in [2.24, 2.45) is 0 Å². The van der Waals surface area contributed by atoms with Crippen LogP contribution in [0.15, 0.2) is 30.3 Å². The van der Waals surface area contributed by atoms with Gasteiger partial charge in [0.1, 0.15) is 0 Å². The van der Waals surface area contributed by atoms with Crippen LogP contribution < -0.4 is 0 Å². The molecule has 1 heterocycles. The maximum atomic E-state index is 9.39. The SMILES string of the molecule is CN1CCN(Cc2ccccc2)C(CO)C1. The highest BCUT2D eigenvalue weighted by Crippen LogP contribution is 2.12. The molecule has 1 aliphatic rings. The minimum Gasteiger partial charge on any atom is -0.395 e. The molecule has 88 valence electrons. The van der Waals surface area contributed by atoms with Crippen molar-refractivity contribution >= 4 is 0 Å². The summed E-state index contributed by atoms with van der Waals surface area (Å²) in [6, 6.07) is 10.7. The molecule has 1 fully saturated rings. The van der Waals surface area contributed by atoms with Crippen LogP contribution in [0.3, 0.4) is 0 Å². The van der Waals surface area contributed by atoms with Crippen LogP contribution >= 0.6 is 0 Å². The van der Waals surface area contributed by atoms with E-state index in [1.165, 1.54) is 5.56 Å². The number of nitrogens with zero attached hydrogens (tertiary/aromatic N) is 2. The number of rotatable bonds is 3. The molecule has 2 rings (SSSR count). The van der Waals surface area contributed by atoms with E-state index in [0.717, 1.165) is 26.2 Å². The lowest BCUT2D eigenvalue weighted by molar-refractivity contribution is 0.0458. The van der Waals surface area contributed by atoms with Crippen LogP contribution in [0.4, 0.5) is 0 Å². The second kappa shape index (κ2) is 5.43. The van der Waals surface area contributed by atoms with E-state index in [4.69, 9.17) is 0 Å². The molecule has 0 bridgehead atoms. The van der Waals surface area contributed by atoms with E-state index in [1.807, 2.05) is 6.07 Å². The molecule has 1 N–H and O–H groups in total. The van der Waals surface area contributed by atoms with Gasteiger partial charge in [-0.15, -0.1) is 0 Å². The smallest absolute Gasteiger partial charge is 0.0599 e. The third-order valence-electron chi connectivity index (χ3n) is 3.25. The predicted octanol–water partition coefficient (Wildman–Crippen LogP) is 0.795. The predicted molar refractivity (Wildman–Crippen MR) is 65.2 cm³/mol. The first kappa shape index (κ1) is 11.6. The number of aliphatic hydroxyl groups excluding tert-OH is 1. The van der Waals surface area contributed by atoms with Gasteiger partial charge in [-0.2, -0.15) is 0 Å². The summed E-state index contributed by atoms with van der Waals surface area (Å²) >= 11 is 0. The zero-order chi connectivity index (χ0) is 11.4. The Labute approximate surface area is 97.3 Å². The van der Waals surface area contributed by atoms with Gasteiger partial charge in [-0.25, -0.2) is 0 Å². The fourth-order valence-electron chi connectivity index (χ4n) is 2.25. The standard InChI is InChI=1S/C13H20N2O/c1-14-7-8-15(13(10-14)11-16)9-12-5-3-2-4-6-12/h2-6,13,16H,7-11H2,1H3. The molecule has 0 saturated carbocycles. The molecule has 1 unspecified atom stereocenters. The molecule has 0 aromatic heterocycles. The first-order valence-corrected chi connectivity index (χ1v) is 5.87. The molecule has 3 heteroatoms. The fourth-order valence-corrected chi connectivity index (χ4v) is 2.25. The Bertz CT molecular complexity index is 315. The Balaban J connectivity index is 1.98. The number of likely N-dealkylation sites (N-methyl/N-ethyl adjacent to an activating group) is 1. The van der Waals surface area contributed by atoms with Crippen molar-refractivity contribution in [3.8, 4) is 0 Å². The molecule has 1 aromatic carbocycles. The zero-order valence-electron chi connectivity index (χ0n) is 9.84. The molecule has 1 aliphatic heterocycles. The maximum Gasteiger partial charge on any atom is 0.0599 e. The summed E-state index contributed by atoms with van der Waals surface area (Å²) in [6.07, 6.45) is 0. The summed E-state index contributed by atoms with van der Waals surface area (Å²) in [6.45, 7) is 4.28. The molecule has 0 spiro atoms. The Hall–Kier alpha value is -0.900. The summed E-state index contributed by atoms with van der Waals surface area (Å²) < 4.78 is 0. The van der Waals surface area contributed by atoms with Gasteiger partial charge < -0.3 is 10.0 Å². The maximum absolute atomic E-state index is 9.39. The monoisotopic (exact) mass is 220 g/mol. The second-order valence-electron chi connectivity index (χ2n) is 4.55. The van der Waals surface area contributed by atoms with Gasteiger partial charge in [-0.1, -0.05) is 30.3 Å². The van der Waals surface area contributed by atoms with Crippen molar-refractivity contribution in [1.82, 2.24) is 9.80 Å². The second-order valence-corrected chi connectivity index (χ2v) is 4.55. The summed E-state index contributed by atoms with van der Waals surface area (Å²) in [7, 11) is 2.11. The summed E-state index contributed by atoms with van der Waals surface area (Å²) in [4.78, 5) is 4.65. The van der Waals surface area contributed by atoms with Crippen LogP contribution in [0.5, 0.6) is 0 Å². The first-order valence-electron chi connectivity index (χ1n) is 5.87. The molecular weight excluding hydrogens is 200 g/mol. The van der Waals surface area contributed by atoms with Crippen LogP contribution in [0.25, 0.3) is 0 Å². The highest BCUT2D eigenvalue weighted by Gasteiger charge is 2.24. The van der Waals surface area contributed by atoms with E-state index >= 15 is 0 Å². The Kier molecular flexibility index (Phi) is 3.93. The fraction of sp³-hybridized carbons (Fsp3) is 0.538. The average Bonchev–Trinajstić information content (AvgIpc) is 2.33. The number of hydrogen-bond donors (Lipinski definition) is 1. The Morgan fingerprint density at radius 2 is 2.00 bits per heavy atom. The molecule has 1 saturated heterocycles. The van der Waals surface area contributed by atoms with Crippen molar-refractivity contribution in [2.75, 3.05) is 33.3 Å². The van der Waals surface area contributed by atoms with E-state index in [0.29, 0.717) is 0 Å². The number of benzene rings is 1. The van der Waals surface area contributed by atoms with Crippen molar-refractivity contribution in [2.45, 2.75) is 12.6 Å². The van der Waals surface area contributed by atoms with Crippen LogP contribution in [0.1, 0.15) is 5.56 Å². The lowest BCUT2D eigenvalue weighted by Crippen LogP contribution is -2.52. The summed E-state index contributed by atoms with van der Waals surface area (Å²) in [5.41, 5.74) is 1.32. The average molecular weight is 220 g/mol. The van der Waals surface area contributed by atoms with Gasteiger partial charge in [0.25, 0.3) is 0 Å². The van der Waals surface area contributed by atoms with E-state index in [9.17, 15) is 5.11 Å². The molecule has 3 nitrogen and oxygen atoms in total. The molecule has 0 radical (unpaired) electrons. The Morgan fingerprint density at radius 3 is 2.69 bits per heavy atom. The van der Waals surface area contributed by atoms with Crippen LogP contribution in [0.2, 0.25) is 0 Å². The molecule has 0 amide bonds. The van der Waals surface area contributed by atoms with Gasteiger partial charge in [0.05, 0.1) is 6.61 Å². The number of piperazine rings is 1. The molecule has 0 aliphatic carbocycles. The van der Waals surface area contributed by atoms with E-state index in [2.05, 4.69) is 41.1 Å². The number of hydrogen-bond acceptors (Lipinski definition) is 3. The van der Waals surface area contributed by atoms with Crippen LogP contribution in [-0.4, -0.2) is 54.2 Å². The van der Waals surface area contributed by atoms with Gasteiger partial charge in [0.2, 0.25) is 0 Å². The highest BCUT2D eigenvalue weighted by atomic mass is 16.3. The van der Waals surface area contributed by atoms with E-state index in [-0.39, 0.29) is 12.6 Å². The van der Waals surface area contributed by atoms with Crippen LogP contribution in [0, 0.1) is 0 Å². The van der Waals surface area contributed by atoms with Gasteiger partial charge in [-0.3, -0.25) is 4.90 Å². The molecule has 1 atom stereocenters. The normalized spacial score (nSPS) is 23.5. The zero-order valence-corrected chi connectivity index (χ0v) is 9.84. The minimum atomic E-state index is 0.247. The van der Waals surface area contributed by atoms with Gasteiger partial charge in [0.15, 0.2) is 0 Å². The first-order chi connectivity index (χ1) is 7.79. The third-order valence-corrected chi connectivity index (χ3v) is 3.25. The lowest BCUT2D eigenvalue weighted by atomic mass is 10.1. The number of aliphatic hydroxyl groups is 1. The van der Waals surface area contributed by atoms with E-state index < -0.39 is 0 Å². The minimum absolute atomic E-state index is 0.247. The summed E-state index contributed by atoms with van der Waals surface area (Å²) in [5.74, 6) is 0. The molecule has 1 aromatic rings. The molecular formula is C13H20N2O. The largest absolute Gasteiger partial charge is 0.395 e. The van der Waals surface area contributed by atoms with E-state index in [1.54, 1.807) is 0 Å². The highest BCUT2D eigenvalue weighted by molar-refractivity contribution is 5.14. The van der Waals surface area contributed by atoms with Gasteiger partial charge in [0, 0.05) is 32.2 Å². The lowest BCUT2D eigenvalue weighted by Gasteiger charge is -2.39. The summed E-state index contributed by atoms with van der Waals surface area (Å²) in [5, 5.41) is 9.39. The van der Waals surface area contributed by atoms with Crippen molar-refractivity contribution in [3.05, 3.63) is 35.9 Å². The Morgan fingerprint density at radius 1 is 1.25 bits per heavy atom. The van der Waals surface area contributed by atoms with Crippen molar-refractivity contribution < 1.29 is 5.11 Å².